The summed E-state index contributed by atoms with van der Waals surface area (Å²) in [6.45, 7) is 4.26. The van der Waals surface area contributed by atoms with Crippen LogP contribution in [0, 0.1) is 13.8 Å². The Hall–Kier alpha value is -1.67. The van der Waals surface area contributed by atoms with Gasteiger partial charge in [0.05, 0.1) is 6.33 Å². The first-order valence-corrected chi connectivity index (χ1v) is 7.37. The maximum absolute atomic E-state index is 12.1. The van der Waals surface area contributed by atoms with Gasteiger partial charge in [0.2, 0.25) is 10.0 Å². The second-order valence-electron chi connectivity index (χ2n) is 4.21. The number of nitrogens with one attached hydrogen (secondary N) is 1. The van der Waals surface area contributed by atoms with E-state index in [-0.39, 0.29) is 4.90 Å². The molecular weight excluding hydrogens is 268 g/mol. The van der Waals surface area contributed by atoms with Gasteiger partial charge in [0.15, 0.2) is 5.76 Å². The fraction of sp³-hybridized carbons (Fsp3) is 0.455. The summed E-state index contributed by atoms with van der Waals surface area (Å²) in [5.41, 5.74) is 0.375. The molecule has 0 amide bonds. The van der Waals surface area contributed by atoms with Crippen molar-refractivity contribution >= 4 is 10.0 Å². The van der Waals surface area contributed by atoms with E-state index in [0.29, 0.717) is 31.0 Å². The van der Waals surface area contributed by atoms with E-state index in [1.54, 1.807) is 26.4 Å². The number of imidazole rings is 1. The Kier molecular flexibility index (Phi) is 4.01. The topological polar surface area (TPSA) is 90.0 Å². The number of rotatable bonds is 6. The molecule has 1 N–H and O–H groups in total. The van der Waals surface area contributed by atoms with Crippen molar-refractivity contribution in [2.24, 2.45) is 0 Å². The maximum Gasteiger partial charge on any atom is 0.245 e. The van der Waals surface area contributed by atoms with Crippen LogP contribution in [0.4, 0.5) is 0 Å². The third kappa shape index (κ3) is 3.21. The van der Waals surface area contributed by atoms with Crippen molar-refractivity contribution < 1.29 is 12.9 Å². The Morgan fingerprint density at radius 2 is 2.21 bits per heavy atom. The highest BCUT2D eigenvalue weighted by atomic mass is 32.2. The molecule has 2 aromatic rings. The molecule has 0 aromatic carbocycles. The molecule has 0 unspecified atom stereocenters. The highest BCUT2D eigenvalue weighted by Gasteiger charge is 2.23. The average molecular weight is 284 g/mol. The van der Waals surface area contributed by atoms with Crippen molar-refractivity contribution in [3.05, 3.63) is 30.2 Å². The van der Waals surface area contributed by atoms with E-state index < -0.39 is 10.0 Å². The van der Waals surface area contributed by atoms with Gasteiger partial charge in [0.25, 0.3) is 0 Å². The third-order valence-corrected chi connectivity index (χ3v) is 4.39. The number of aromatic nitrogens is 3. The Labute approximate surface area is 111 Å². The summed E-state index contributed by atoms with van der Waals surface area (Å²) in [6, 6.07) is 0. The van der Waals surface area contributed by atoms with E-state index in [1.165, 1.54) is 0 Å². The van der Waals surface area contributed by atoms with Gasteiger partial charge in [-0.3, -0.25) is 0 Å². The standard InChI is InChI=1S/C11H16N4O3S/c1-9-11(10(2)18-14-9)19(16,17)13-4-3-6-15-7-5-12-8-15/h5,7-8,13H,3-4,6H2,1-2H3. The number of nitrogens with zero attached hydrogens (tertiary/aromatic N) is 3. The van der Waals surface area contributed by atoms with Crippen LogP contribution in [0.2, 0.25) is 0 Å². The Bertz CT molecular complexity index is 611. The molecule has 7 nitrogen and oxygen atoms in total. The first-order valence-electron chi connectivity index (χ1n) is 5.89. The smallest absolute Gasteiger partial charge is 0.245 e. The van der Waals surface area contributed by atoms with Crippen LogP contribution in [-0.4, -0.2) is 29.7 Å². The van der Waals surface area contributed by atoms with Crippen LogP contribution in [0.1, 0.15) is 17.9 Å². The molecule has 19 heavy (non-hydrogen) atoms. The highest BCUT2D eigenvalue weighted by Crippen LogP contribution is 2.18. The predicted octanol–water partition coefficient (Wildman–Crippen LogP) is 0.857. The lowest BCUT2D eigenvalue weighted by atomic mass is 10.4. The van der Waals surface area contributed by atoms with E-state index in [2.05, 4.69) is 14.9 Å². The molecule has 0 radical (unpaired) electrons. The zero-order valence-electron chi connectivity index (χ0n) is 10.8. The lowest BCUT2D eigenvalue weighted by molar-refractivity contribution is 0.390. The maximum atomic E-state index is 12.1. The van der Waals surface area contributed by atoms with Gasteiger partial charge in [-0.2, -0.15) is 0 Å². The number of hydrogen-bond acceptors (Lipinski definition) is 5. The molecule has 0 saturated carbocycles. The van der Waals surface area contributed by atoms with E-state index >= 15 is 0 Å². The predicted molar refractivity (Wildman–Crippen MR) is 68.0 cm³/mol. The molecule has 0 aliphatic rings. The van der Waals surface area contributed by atoms with Gasteiger partial charge in [-0.05, 0) is 20.3 Å². The molecule has 0 aliphatic carbocycles. The molecule has 0 spiro atoms. The van der Waals surface area contributed by atoms with E-state index in [4.69, 9.17) is 4.52 Å². The summed E-state index contributed by atoms with van der Waals surface area (Å²) < 4.78 is 33.4. The van der Waals surface area contributed by atoms with Crippen molar-refractivity contribution in [2.75, 3.05) is 6.54 Å². The van der Waals surface area contributed by atoms with Crippen molar-refractivity contribution in [3.8, 4) is 0 Å². The minimum atomic E-state index is -3.55. The Balaban J connectivity index is 1.92. The second kappa shape index (κ2) is 5.54. The molecule has 0 fully saturated rings. The van der Waals surface area contributed by atoms with Gasteiger partial charge >= 0.3 is 0 Å². The zero-order chi connectivity index (χ0) is 13.9. The molecule has 104 valence electrons. The average Bonchev–Trinajstić information content (AvgIpc) is 2.95. The number of aryl methyl sites for hydroxylation is 3. The molecule has 0 atom stereocenters. The van der Waals surface area contributed by atoms with Crippen molar-refractivity contribution in [1.82, 2.24) is 19.4 Å². The second-order valence-corrected chi connectivity index (χ2v) is 5.91. The molecule has 2 aromatic heterocycles. The van der Waals surface area contributed by atoms with Crippen LogP contribution in [-0.2, 0) is 16.6 Å². The Morgan fingerprint density at radius 3 is 2.79 bits per heavy atom. The summed E-state index contributed by atoms with van der Waals surface area (Å²) in [5, 5.41) is 3.64. The first kappa shape index (κ1) is 13.8. The van der Waals surface area contributed by atoms with E-state index in [0.717, 1.165) is 0 Å². The molecule has 2 rings (SSSR count). The summed E-state index contributed by atoms with van der Waals surface area (Å²) in [4.78, 5) is 4.05. The fourth-order valence-corrected chi connectivity index (χ4v) is 3.22. The summed E-state index contributed by atoms with van der Waals surface area (Å²) in [6.07, 6.45) is 5.90. The quantitative estimate of drug-likeness (QED) is 0.794. The van der Waals surface area contributed by atoms with Gasteiger partial charge in [0, 0.05) is 25.5 Å². The number of hydrogen-bond donors (Lipinski definition) is 1. The summed E-state index contributed by atoms with van der Waals surface area (Å²) in [5.74, 6) is 0.305. The van der Waals surface area contributed by atoms with Gasteiger partial charge in [-0.25, -0.2) is 18.1 Å². The Morgan fingerprint density at radius 1 is 1.42 bits per heavy atom. The minimum Gasteiger partial charge on any atom is -0.360 e. The number of sulfonamides is 1. The molecule has 8 heteroatoms. The van der Waals surface area contributed by atoms with Crippen LogP contribution in [0.5, 0.6) is 0 Å². The van der Waals surface area contributed by atoms with Crippen molar-refractivity contribution in [2.45, 2.75) is 31.7 Å². The molecule has 2 heterocycles. The summed E-state index contributed by atoms with van der Waals surface area (Å²) >= 11 is 0. The zero-order valence-corrected chi connectivity index (χ0v) is 11.6. The highest BCUT2D eigenvalue weighted by molar-refractivity contribution is 7.89. The largest absolute Gasteiger partial charge is 0.360 e. The molecule has 0 bridgehead atoms. The normalized spacial score (nSPS) is 11.9. The van der Waals surface area contributed by atoms with E-state index in [1.807, 2.05) is 10.8 Å². The van der Waals surface area contributed by atoms with Crippen LogP contribution in [0.15, 0.2) is 28.1 Å². The van der Waals surface area contributed by atoms with Crippen LogP contribution in [0.3, 0.4) is 0 Å². The minimum absolute atomic E-state index is 0.134. The van der Waals surface area contributed by atoms with Crippen molar-refractivity contribution in [3.63, 3.8) is 0 Å². The van der Waals surface area contributed by atoms with Crippen LogP contribution in [0.25, 0.3) is 0 Å². The lowest BCUT2D eigenvalue weighted by Gasteiger charge is -2.06. The van der Waals surface area contributed by atoms with Crippen molar-refractivity contribution in [1.29, 1.82) is 0 Å². The molecule has 0 aliphatic heterocycles. The van der Waals surface area contributed by atoms with Gasteiger partial charge < -0.3 is 9.09 Å². The molecular formula is C11H16N4O3S. The van der Waals surface area contributed by atoms with Gasteiger partial charge in [-0.15, -0.1) is 0 Å². The third-order valence-electron chi connectivity index (χ3n) is 2.68. The lowest BCUT2D eigenvalue weighted by Crippen LogP contribution is -2.26. The van der Waals surface area contributed by atoms with E-state index in [9.17, 15) is 8.42 Å². The van der Waals surface area contributed by atoms with Crippen LogP contribution >= 0.6 is 0 Å². The monoisotopic (exact) mass is 284 g/mol. The fourth-order valence-electron chi connectivity index (χ4n) is 1.82. The van der Waals surface area contributed by atoms with Gasteiger partial charge in [0.1, 0.15) is 10.6 Å². The first-order chi connectivity index (χ1) is 9.00. The van der Waals surface area contributed by atoms with Crippen LogP contribution < -0.4 is 4.72 Å². The molecule has 0 saturated heterocycles. The van der Waals surface area contributed by atoms with Gasteiger partial charge in [-0.1, -0.05) is 5.16 Å². The SMILES string of the molecule is Cc1noc(C)c1S(=O)(=O)NCCCn1ccnc1. The summed E-state index contributed by atoms with van der Waals surface area (Å²) in [7, 11) is -3.55.